The monoisotopic (exact) mass is 209 g/mol. The Morgan fingerprint density at radius 1 is 1.29 bits per heavy atom. The zero-order valence-corrected chi connectivity index (χ0v) is 7.15. The highest BCUT2D eigenvalue weighted by atomic mass is 19.4. The van der Waals surface area contributed by atoms with E-state index in [9.17, 15) is 17.6 Å². The van der Waals surface area contributed by atoms with E-state index in [2.05, 4.69) is 10.1 Å². The molecule has 0 amide bonds. The molecule has 0 atom stereocenters. The maximum Gasteiger partial charge on any atom is 0.573 e. The molecule has 0 spiro atoms. The normalized spacial score (nSPS) is 11.2. The first-order chi connectivity index (χ1) is 6.42. The maximum atomic E-state index is 12.6. The minimum absolute atomic E-state index is 0.0729. The van der Waals surface area contributed by atoms with Gasteiger partial charge in [0, 0.05) is 13.1 Å². The Kier molecular flexibility index (Phi) is 2.83. The fraction of sp³-hybridized carbons (Fsp3) is 0.250. The van der Waals surface area contributed by atoms with Gasteiger partial charge >= 0.3 is 6.36 Å². The van der Waals surface area contributed by atoms with Crippen LogP contribution >= 0.6 is 0 Å². The van der Waals surface area contributed by atoms with Gasteiger partial charge in [-0.3, -0.25) is 0 Å². The van der Waals surface area contributed by atoms with Crippen molar-refractivity contribution >= 4 is 5.69 Å². The Balaban J connectivity index is 2.99. The van der Waals surface area contributed by atoms with E-state index in [0.717, 1.165) is 12.1 Å². The molecule has 1 N–H and O–H groups in total. The lowest BCUT2D eigenvalue weighted by molar-refractivity contribution is -0.274. The first-order valence-corrected chi connectivity index (χ1v) is 3.65. The summed E-state index contributed by atoms with van der Waals surface area (Å²) in [5.41, 5.74) is 0.0729. The van der Waals surface area contributed by atoms with Gasteiger partial charge in [0.1, 0.15) is 5.82 Å². The average Bonchev–Trinajstić information content (AvgIpc) is 2.01. The molecule has 14 heavy (non-hydrogen) atoms. The minimum Gasteiger partial charge on any atom is -0.403 e. The molecule has 0 aromatic heterocycles. The molecule has 0 radical (unpaired) electrons. The first-order valence-electron chi connectivity index (χ1n) is 3.65. The van der Waals surface area contributed by atoms with E-state index in [4.69, 9.17) is 0 Å². The number of benzene rings is 1. The molecule has 6 heteroatoms. The number of hydrogen-bond acceptors (Lipinski definition) is 2. The van der Waals surface area contributed by atoms with Crippen LogP contribution in [0.25, 0.3) is 0 Å². The SMILES string of the molecule is CNc1ccc(F)cc1OC(F)(F)F. The molecule has 1 aromatic carbocycles. The third-order valence-corrected chi connectivity index (χ3v) is 1.44. The number of halogens is 4. The van der Waals surface area contributed by atoms with Crippen LogP contribution in [0.2, 0.25) is 0 Å². The van der Waals surface area contributed by atoms with Gasteiger partial charge in [-0.15, -0.1) is 13.2 Å². The number of ether oxygens (including phenoxy) is 1. The smallest absolute Gasteiger partial charge is 0.403 e. The van der Waals surface area contributed by atoms with Crippen molar-refractivity contribution in [1.29, 1.82) is 0 Å². The molecular weight excluding hydrogens is 202 g/mol. The molecule has 0 saturated heterocycles. The van der Waals surface area contributed by atoms with Crippen LogP contribution in [0.15, 0.2) is 18.2 Å². The largest absolute Gasteiger partial charge is 0.573 e. The molecule has 78 valence electrons. The van der Waals surface area contributed by atoms with Crippen LogP contribution < -0.4 is 10.1 Å². The van der Waals surface area contributed by atoms with Crippen LogP contribution in [0.4, 0.5) is 23.2 Å². The fourth-order valence-electron chi connectivity index (χ4n) is 0.912. The van der Waals surface area contributed by atoms with Gasteiger partial charge in [-0.25, -0.2) is 4.39 Å². The average molecular weight is 209 g/mol. The number of anilines is 1. The van der Waals surface area contributed by atoms with Crippen LogP contribution in [-0.4, -0.2) is 13.4 Å². The molecule has 0 aliphatic rings. The van der Waals surface area contributed by atoms with Gasteiger partial charge in [0.15, 0.2) is 5.75 Å². The fourth-order valence-corrected chi connectivity index (χ4v) is 0.912. The maximum absolute atomic E-state index is 12.6. The Morgan fingerprint density at radius 3 is 2.43 bits per heavy atom. The molecule has 0 unspecified atom stereocenters. The van der Waals surface area contributed by atoms with E-state index in [-0.39, 0.29) is 5.69 Å². The summed E-state index contributed by atoms with van der Waals surface area (Å²) in [7, 11) is 1.41. The Bertz CT molecular complexity index is 324. The van der Waals surface area contributed by atoms with Gasteiger partial charge in [-0.2, -0.15) is 0 Å². The number of rotatable bonds is 2. The van der Waals surface area contributed by atoms with Gasteiger partial charge in [0.2, 0.25) is 0 Å². The lowest BCUT2D eigenvalue weighted by Gasteiger charge is -2.12. The topological polar surface area (TPSA) is 21.3 Å². The highest BCUT2D eigenvalue weighted by molar-refractivity contribution is 5.55. The number of alkyl halides is 3. The second kappa shape index (κ2) is 3.73. The van der Waals surface area contributed by atoms with Crippen molar-refractivity contribution in [3.8, 4) is 5.75 Å². The summed E-state index contributed by atoms with van der Waals surface area (Å²) in [5, 5.41) is 2.45. The van der Waals surface area contributed by atoms with Gasteiger partial charge in [-0.05, 0) is 12.1 Å². The molecule has 0 saturated carbocycles. The van der Waals surface area contributed by atoms with E-state index >= 15 is 0 Å². The Morgan fingerprint density at radius 2 is 1.93 bits per heavy atom. The second-order valence-electron chi connectivity index (χ2n) is 2.44. The molecule has 1 rings (SSSR count). The summed E-state index contributed by atoms with van der Waals surface area (Å²) in [5.74, 6) is -1.37. The van der Waals surface area contributed by atoms with Crippen molar-refractivity contribution in [2.75, 3.05) is 12.4 Å². The second-order valence-corrected chi connectivity index (χ2v) is 2.44. The summed E-state index contributed by atoms with van der Waals surface area (Å²) in [6.07, 6.45) is -4.82. The van der Waals surface area contributed by atoms with Crippen molar-refractivity contribution in [3.63, 3.8) is 0 Å². The highest BCUT2D eigenvalue weighted by Crippen LogP contribution is 2.30. The predicted octanol–water partition coefficient (Wildman–Crippen LogP) is 2.77. The van der Waals surface area contributed by atoms with Crippen LogP contribution in [0.1, 0.15) is 0 Å². The minimum atomic E-state index is -4.82. The van der Waals surface area contributed by atoms with Crippen molar-refractivity contribution in [2.24, 2.45) is 0 Å². The molecular formula is C8H7F4NO. The van der Waals surface area contributed by atoms with E-state index < -0.39 is 17.9 Å². The zero-order chi connectivity index (χ0) is 10.8. The Hall–Kier alpha value is -1.46. The standard InChI is InChI=1S/C8H7F4NO/c1-13-6-3-2-5(9)4-7(6)14-8(10,11)12/h2-4,13H,1H3. The van der Waals surface area contributed by atoms with Gasteiger partial charge in [0.05, 0.1) is 5.69 Å². The van der Waals surface area contributed by atoms with Crippen molar-refractivity contribution < 1.29 is 22.3 Å². The molecule has 0 heterocycles. The summed E-state index contributed by atoms with van der Waals surface area (Å²) >= 11 is 0. The van der Waals surface area contributed by atoms with Crippen LogP contribution in [0, 0.1) is 5.82 Å². The van der Waals surface area contributed by atoms with Gasteiger partial charge in [-0.1, -0.05) is 0 Å². The molecule has 0 fully saturated rings. The summed E-state index contributed by atoms with van der Waals surface area (Å²) < 4.78 is 51.6. The van der Waals surface area contributed by atoms with Crippen LogP contribution in [0.3, 0.4) is 0 Å². The summed E-state index contributed by atoms with van der Waals surface area (Å²) in [6.45, 7) is 0. The highest BCUT2D eigenvalue weighted by Gasteiger charge is 2.32. The third-order valence-electron chi connectivity index (χ3n) is 1.44. The van der Waals surface area contributed by atoms with E-state index in [0.29, 0.717) is 6.07 Å². The van der Waals surface area contributed by atoms with Crippen molar-refractivity contribution in [3.05, 3.63) is 24.0 Å². The summed E-state index contributed by atoms with van der Waals surface area (Å²) in [6, 6.07) is 2.87. The van der Waals surface area contributed by atoms with E-state index in [1.807, 2.05) is 0 Å². The molecule has 0 bridgehead atoms. The lowest BCUT2D eigenvalue weighted by atomic mass is 10.3. The third kappa shape index (κ3) is 2.79. The molecule has 0 aliphatic carbocycles. The summed E-state index contributed by atoms with van der Waals surface area (Å²) in [4.78, 5) is 0. The van der Waals surface area contributed by atoms with E-state index in [1.165, 1.54) is 7.05 Å². The Labute approximate surface area is 77.5 Å². The van der Waals surface area contributed by atoms with Crippen LogP contribution in [0.5, 0.6) is 5.75 Å². The van der Waals surface area contributed by atoms with Crippen molar-refractivity contribution in [1.82, 2.24) is 0 Å². The number of hydrogen-bond donors (Lipinski definition) is 1. The van der Waals surface area contributed by atoms with Gasteiger partial charge < -0.3 is 10.1 Å². The number of nitrogens with one attached hydrogen (secondary N) is 1. The predicted molar refractivity (Wildman–Crippen MR) is 42.6 cm³/mol. The molecule has 0 aliphatic heterocycles. The van der Waals surface area contributed by atoms with Crippen molar-refractivity contribution in [2.45, 2.75) is 6.36 Å². The van der Waals surface area contributed by atoms with E-state index in [1.54, 1.807) is 0 Å². The first kappa shape index (κ1) is 10.6. The van der Waals surface area contributed by atoms with Crippen LogP contribution in [-0.2, 0) is 0 Å². The molecule has 2 nitrogen and oxygen atoms in total. The lowest BCUT2D eigenvalue weighted by Crippen LogP contribution is -2.18. The molecule has 1 aromatic rings. The zero-order valence-electron chi connectivity index (χ0n) is 7.15. The van der Waals surface area contributed by atoms with Gasteiger partial charge in [0.25, 0.3) is 0 Å². The quantitative estimate of drug-likeness (QED) is 0.756.